The van der Waals surface area contributed by atoms with Crippen LogP contribution in [-0.2, 0) is 0 Å². The van der Waals surface area contributed by atoms with Gasteiger partial charge in [-0.25, -0.2) is 4.39 Å². The van der Waals surface area contributed by atoms with Gasteiger partial charge >= 0.3 is 0 Å². The summed E-state index contributed by atoms with van der Waals surface area (Å²) in [6.07, 6.45) is 3.85. The van der Waals surface area contributed by atoms with E-state index >= 15 is 0 Å². The van der Waals surface area contributed by atoms with Gasteiger partial charge in [-0.1, -0.05) is 19.9 Å². The molecule has 0 aliphatic heterocycles. The maximum atomic E-state index is 12.8. The lowest BCUT2D eigenvalue weighted by molar-refractivity contribution is 0.192. The van der Waals surface area contributed by atoms with Crippen LogP contribution in [0.2, 0.25) is 0 Å². The Balaban J connectivity index is 1.82. The predicted molar refractivity (Wildman–Crippen MR) is 118 cm³/mol. The normalized spacial score (nSPS) is 19.4. The summed E-state index contributed by atoms with van der Waals surface area (Å²) < 4.78 is 23.2. The van der Waals surface area contributed by atoms with Gasteiger partial charge < -0.3 is 9.47 Å². The van der Waals surface area contributed by atoms with Gasteiger partial charge in [-0.05, 0) is 58.2 Å². The highest BCUT2D eigenvalue weighted by Gasteiger charge is 2.52. The smallest absolute Gasteiger partial charge is 0.228 e. The molecule has 0 saturated carbocycles. The van der Waals surface area contributed by atoms with E-state index < -0.39 is 12.3 Å². The van der Waals surface area contributed by atoms with Crippen LogP contribution in [0.15, 0.2) is 57.5 Å². The molecule has 0 atom stereocenters. The molecule has 3 aliphatic carbocycles. The van der Waals surface area contributed by atoms with E-state index in [4.69, 9.17) is 9.47 Å². The fourth-order valence-electron chi connectivity index (χ4n) is 5.15. The van der Waals surface area contributed by atoms with Crippen molar-refractivity contribution < 1.29 is 13.9 Å². The van der Waals surface area contributed by atoms with E-state index in [1.54, 1.807) is 19.2 Å². The van der Waals surface area contributed by atoms with Gasteiger partial charge in [-0.2, -0.15) is 20.5 Å². The minimum atomic E-state index is -0.951. The monoisotopic (exact) mass is 424 g/mol. The number of hydrogen-bond acceptors (Lipinski definition) is 6. The molecule has 0 unspecified atom stereocenters. The second kappa shape index (κ2) is 6.90. The van der Waals surface area contributed by atoms with Gasteiger partial charge in [-0.3, -0.25) is 0 Å². The number of methoxy groups -OCH3 is 1. The molecule has 0 amide bonds. The number of hydrogen-bond donors (Lipinski definition) is 0. The SMILES string of the molecule is COc1ccc2c(c1)C(=NC#N)C1=C2C(C)(C)C2=C1c1ccc(OCF)cc1C2=NC#N. The highest BCUT2D eigenvalue weighted by molar-refractivity contribution is 6.41. The molecule has 156 valence electrons. The topological polar surface area (TPSA) is 90.8 Å². The van der Waals surface area contributed by atoms with Crippen molar-refractivity contribution in [3.8, 4) is 23.9 Å². The molecule has 0 saturated heterocycles. The van der Waals surface area contributed by atoms with Crippen LogP contribution in [0.25, 0.3) is 11.1 Å². The Morgan fingerprint density at radius 3 is 2.16 bits per heavy atom. The fraction of sp³-hybridized carbons (Fsp3) is 0.200. The van der Waals surface area contributed by atoms with Crippen LogP contribution in [0, 0.1) is 28.3 Å². The van der Waals surface area contributed by atoms with Crippen molar-refractivity contribution in [2.24, 2.45) is 15.4 Å². The molecule has 6 nitrogen and oxygen atoms in total. The molecule has 32 heavy (non-hydrogen) atoms. The van der Waals surface area contributed by atoms with Gasteiger partial charge in [0.2, 0.25) is 19.2 Å². The number of alkyl halides is 1. The zero-order valence-corrected chi connectivity index (χ0v) is 17.7. The highest BCUT2D eigenvalue weighted by atomic mass is 19.1. The number of ether oxygens (including phenoxy) is 2. The van der Waals surface area contributed by atoms with Crippen LogP contribution in [-0.4, -0.2) is 25.4 Å². The zero-order valence-electron chi connectivity index (χ0n) is 17.7. The lowest BCUT2D eigenvalue weighted by Gasteiger charge is -2.27. The number of aliphatic imine (C=N–C) groups is 2. The molecule has 0 bridgehead atoms. The second-order valence-electron chi connectivity index (χ2n) is 8.12. The van der Waals surface area contributed by atoms with Crippen LogP contribution in [0.4, 0.5) is 4.39 Å². The predicted octanol–water partition coefficient (Wildman–Crippen LogP) is 4.82. The fourth-order valence-corrected chi connectivity index (χ4v) is 5.15. The minimum Gasteiger partial charge on any atom is -0.497 e. The molecular formula is C25H17FN4O2. The van der Waals surface area contributed by atoms with Gasteiger partial charge in [0.15, 0.2) is 0 Å². The summed E-state index contributed by atoms with van der Waals surface area (Å²) >= 11 is 0. The van der Waals surface area contributed by atoms with Gasteiger partial charge in [0, 0.05) is 22.1 Å². The third kappa shape index (κ3) is 2.42. The van der Waals surface area contributed by atoms with E-state index in [2.05, 4.69) is 23.8 Å². The summed E-state index contributed by atoms with van der Waals surface area (Å²) in [4.78, 5) is 8.35. The Morgan fingerprint density at radius 2 is 1.47 bits per heavy atom. The minimum absolute atomic E-state index is 0.357. The largest absolute Gasteiger partial charge is 0.497 e. The van der Waals surface area contributed by atoms with Gasteiger partial charge in [0.05, 0.1) is 18.5 Å². The van der Waals surface area contributed by atoms with Crippen LogP contribution in [0.1, 0.15) is 36.1 Å². The maximum absolute atomic E-state index is 12.8. The summed E-state index contributed by atoms with van der Waals surface area (Å²) in [6, 6.07) is 11.0. The number of halogens is 1. The third-order valence-corrected chi connectivity index (χ3v) is 6.29. The number of allylic oxidation sites excluding steroid dienone is 4. The van der Waals surface area contributed by atoms with Crippen molar-refractivity contribution in [1.29, 1.82) is 10.5 Å². The quantitative estimate of drug-likeness (QED) is 0.661. The van der Waals surface area contributed by atoms with E-state index in [0.29, 0.717) is 28.5 Å². The molecule has 0 fully saturated rings. The standard InChI is InChI=1S/C25H17FN4O2/c1-25(2)21-16-7-4-13(31-3)8-18(16)23(29-11-27)20(21)19-15-6-5-14(32-10-26)9-17(15)24(22(19)25)30-12-28/h4-9H,10H2,1-3H3. The molecule has 0 radical (unpaired) electrons. The van der Waals surface area contributed by atoms with Crippen molar-refractivity contribution >= 4 is 22.6 Å². The molecule has 5 rings (SSSR count). The Morgan fingerprint density at radius 1 is 0.844 bits per heavy atom. The number of nitriles is 2. The number of rotatable bonds is 3. The van der Waals surface area contributed by atoms with Crippen LogP contribution in [0.3, 0.4) is 0 Å². The average molecular weight is 424 g/mol. The van der Waals surface area contributed by atoms with Crippen molar-refractivity contribution in [3.63, 3.8) is 0 Å². The van der Waals surface area contributed by atoms with Crippen molar-refractivity contribution in [2.45, 2.75) is 13.8 Å². The first kappa shape index (κ1) is 19.7. The molecule has 0 N–H and O–H groups in total. The van der Waals surface area contributed by atoms with Gasteiger partial charge in [0.25, 0.3) is 0 Å². The summed E-state index contributed by atoms with van der Waals surface area (Å²) in [6.45, 7) is 3.20. The van der Waals surface area contributed by atoms with Gasteiger partial charge in [0.1, 0.15) is 11.5 Å². The Hall–Kier alpha value is -4.23. The molecule has 2 aromatic rings. The molecule has 7 heteroatoms. The Kier molecular flexibility index (Phi) is 4.25. The summed E-state index contributed by atoms with van der Waals surface area (Å²) in [7, 11) is 1.60. The van der Waals surface area contributed by atoms with E-state index in [-0.39, 0.29) is 0 Å². The summed E-state index contributed by atoms with van der Waals surface area (Å²) in [5, 5.41) is 18.9. The first-order valence-electron chi connectivity index (χ1n) is 9.94. The molecule has 2 aromatic carbocycles. The summed E-state index contributed by atoms with van der Waals surface area (Å²) in [5.41, 5.74) is 7.63. The highest BCUT2D eigenvalue weighted by Crippen LogP contribution is 2.62. The lowest BCUT2D eigenvalue weighted by atomic mass is 9.76. The number of fused-ring (bicyclic) bond motifs is 5. The average Bonchev–Trinajstić information content (AvgIpc) is 3.35. The van der Waals surface area contributed by atoms with Crippen LogP contribution in [0.5, 0.6) is 11.5 Å². The zero-order chi connectivity index (χ0) is 22.6. The van der Waals surface area contributed by atoms with Crippen LogP contribution >= 0.6 is 0 Å². The number of nitrogens with zero attached hydrogens (tertiary/aromatic N) is 4. The van der Waals surface area contributed by atoms with Crippen LogP contribution < -0.4 is 9.47 Å². The van der Waals surface area contributed by atoms with E-state index in [0.717, 1.165) is 39.0 Å². The Bertz CT molecular complexity index is 1410. The first-order valence-corrected chi connectivity index (χ1v) is 9.94. The van der Waals surface area contributed by atoms with E-state index in [1.807, 2.05) is 36.7 Å². The summed E-state index contributed by atoms with van der Waals surface area (Å²) in [5.74, 6) is 1.03. The first-order chi connectivity index (χ1) is 15.5. The second-order valence-corrected chi connectivity index (χ2v) is 8.12. The molecule has 0 heterocycles. The maximum Gasteiger partial charge on any atom is 0.228 e. The van der Waals surface area contributed by atoms with Crippen molar-refractivity contribution in [3.05, 3.63) is 69.8 Å². The molecule has 0 spiro atoms. The van der Waals surface area contributed by atoms with Gasteiger partial charge in [-0.15, -0.1) is 0 Å². The molecule has 0 aromatic heterocycles. The molecular weight excluding hydrogens is 407 g/mol. The number of benzene rings is 2. The molecule has 3 aliphatic rings. The van der Waals surface area contributed by atoms with Crippen molar-refractivity contribution in [1.82, 2.24) is 0 Å². The van der Waals surface area contributed by atoms with E-state index in [1.165, 1.54) is 0 Å². The van der Waals surface area contributed by atoms with E-state index in [9.17, 15) is 14.9 Å². The van der Waals surface area contributed by atoms with Crippen molar-refractivity contribution in [2.75, 3.05) is 14.0 Å². The lowest BCUT2D eigenvalue weighted by Crippen LogP contribution is -2.20. The Labute approximate surface area is 184 Å². The third-order valence-electron chi connectivity index (χ3n) is 6.29.